The van der Waals surface area contributed by atoms with Crippen LogP contribution in [0, 0.1) is 0 Å². The Labute approximate surface area is 88.1 Å². The van der Waals surface area contributed by atoms with Crippen LogP contribution in [0.1, 0.15) is 23.2 Å². The predicted octanol–water partition coefficient (Wildman–Crippen LogP) is 2.29. The monoisotopic (exact) mass is 213 g/mol. The third-order valence-corrected chi connectivity index (χ3v) is 2.07. The van der Waals surface area contributed by atoms with Crippen LogP contribution in [0.5, 0.6) is 5.88 Å². The molecule has 76 valence electrons. The van der Waals surface area contributed by atoms with E-state index >= 15 is 0 Å². The van der Waals surface area contributed by atoms with Gasteiger partial charge in [0.15, 0.2) is 5.78 Å². The van der Waals surface area contributed by atoms with E-state index in [1.165, 1.54) is 7.11 Å². The highest BCUT2D eigenvalue weighted by Crippen LogP contribution is 2.16. The number of nitrogens with zero attached hydrogens (tertiary/aromatic N) is 1. The van der Waals surface area contributed by atoms with Crippen LogP contribution in [0.4, 0.5) is 0 Å². The molecule has 1 heterocycles. The molecule has 1 aromatic heterocycles. The first-order chi connectivity index (χ1) is 6.79. The molecule has 0 bridgehead atoms. The first-order valence-electron chi connectivity index (χ1n) is 4.37. The SMILES string of the molecule is COc1ncccc1C(=O)CCCCl. The molecule has 1 rings (SSSR count). The second kappa shape index (κ2) is 5.60. The van der Waals surface area contributed by atoms with E-state index in [-0.39, 0.29) is 5.78 Å². The molecule has 0 aliphatic rings. The number of Topliss-reactive ketones (excluding diaryl/α,β-unsaturated/α-hetero) is 1. The average molecular weight is 214 g/mol. The molecule has 0 radical (unpaired) electrons. The van der Waals surface area contributed by atoms with Crippen molar-refractivity contribution in [1.82, 2.24) is 4.98 Å². The van der Waals surface area contributed by atoms with Gasteiger partial charge in [-0.2, -0.15) is 0 Å². The van der Waals surface area contributed by atoms with Crippen molar-refractivity contribution in [1.29, 1.82) is 0 Å². The number of carbonyl (C=O) groups is 1. The molecule has 0 atom stereocenters. The van der Waals surface area contributed by atoms with Gasteiger partial charge in [-0.1, -0.05) is 0 Å². The quantitative estimate of drug-likeness (QED) is 0.557. The van der Waals surface area contributed by atoms with Gasteiger partial charge in [0.1, 0.15) is 0 Å². The maximum Gasteiger partial charge on any atom is 0.224 e. The molecule has 0 aromatic carbocycles. The number of hydrogen-bond acceptors (Lipinski definition) is 3. The lowest BCUT2D eigenvalue weighted by molar-refractivity contribution is 0.0978. The highest BCUT2D eigenvalue weighted by atomic mass is 35.5. The third-order valence-electron chi connectivity index (χ3n) is 1.80. The molecule has 3 nitrogen and oxygen atoms in total. The fraction of sp³-hybridized carbons (Fsp3) is 0.400. The molecule has 0 fully saturated rings. The smallest absolute Gasteiger partial charge is 0.224 e. The Balaban J connectivity index is 2.78. The largest absolute Gasteiger partial charge is 0.480 e. The van der Waals surface area contributed by atoms with E-state index in [1.54, 1.807) is 18.3 Å². The number of halogens is 1. The number of methoxy groups -OCH3 is 1. The first kappa shape index (κ1) is 11.0. The molecular weight excluding hydrogens is 202 g/mol. The van der Waals surface area contributed by atoms with Crippen molar-refractivity contribution in [3.8, 4) is 5.88 Å². The molecule has 0 aliphatic heterocycles. The zero-order chi connectivity index (χ0) is 10.4. The van der Waals surface area contributed by atoms with Gasteiger partial charge in [0.05, 0.1) is 12.7 Å². The normalized spacial score (nSPS) is 9.86. The first-order valence-corrected chi connectivity index (χ1v) is 4.91. The van der Waals surface area contributed by atoms with E-state index in [0.29, 0.717) is 30.2 Å². The van der Waals surface area contributed by atoms with Crippen LogP contribution < -0.4 is 4.74 Å². The Morgan fingerprint density at radius 2 is 2.43 bits per heavy atom. The number of ketones is 1. The Hall–Kier alpha value is -1.09. The molecule has 0 unspecified atom stereocenters. The van der Waals surface area contributed by atoms with Crippen LogP contribution in [-0.2, 0) is 0 Å². The van der Waals surface area contributed by atoms with Gasteiger partial charge in [0.2, 0.25) is 5.88 Å². The minimum Gasteiger partial charge on any atom is -0.480 e. The summed E-state index contributed by atoms with van der Waals surface area (Å²) >= 11 is 5.51. The molecule has 1 aromatic rings. The van der Waals surface area contributed by atoms with Gasteiger partial charge in [0, 0.05) is 18.5 Å². The summed E-state index contributed by atoms with van der Waals surface area (Å²) in [6, 6.07) is 3.43. The molecule has 0 amide bonds. The summed E-state index contributed by atoms with van der Waals surface area (Å²) in [4.78, 5) is 15.6. The fourth-order valence-corrected chi connectivity index (χ4v) is 1.26. The van der Waals surface area contributed by atoms with Gasteiger partial charge in [0.25, 0.3) is 0 Å². The molecular formula is C10H12ClNO2. The van der Waals surface area contributed by atoms with E-state index in [1.807, 2.05) is 0 Å². The Morgan fingerprint density at radius 1 is 1.64 bits per heavy atom. The van der Waals surface area contributed by atoms with Crippen molar-refractivity contribution in [3.63, 3.8) is 0 Å². The van der Waals surface area contributed by atoms with Crippen LogP contribution in [0.3, 0.4) is 0 Å². The van der Waals surface area contributed by atoms with E-state index in [0.717, 1.165) is 0 Å². The predicted molar refractivity (Wildman–Crippen MR) is 55.1 cm³/mol. The van der Waals surface area contributed by atoms with Gasteiger partial charge in [-0.05, 0) is 18.6 Å². The van der Waals surface area contributed by atoms with Crippen molar-refractivity contribution >= 4 is 17.4 Å². The summed E-state index contributed by atoms with van der Waals surface area (Å²) in [5, 5.41) is 0. The molecule has 14 heavy (non-hydrogen) atoms. The molecule has 0 spiro atoms. The lowest BCUT2D eigenvalue weighted by Crippen LogP contribution is -2.03. The number of pyridine rings is 1. The Morgan fingerprint density at radius 3 is 3.07 bits per heavy atom. The van der Waals surface area contributed by atoms with E-state index in [4.69, 9.17) is 16.3 Å². The van der Waals surface area contributed by atoms with Crippen molar-refractivity contribution in [2.24, 2.45) is 0 Å². The molecule has 0 aliphatic carbocycles. The third kappa shape index (κ3) is 2.70. The summed E-state index contributed by atoms with van der Waals surface area (Å²) in [6.45, 7) is 0. The number of aromatic nitrogens is 1. The summed E-state index contributed by atoms with van der Waals surface area (Å²) in [5.74, 6) is 0.900. The standard InChI is InChI=1S/C10H12ClNO2/c1-14-10-8(4-3-7-12-10)9(13)5-2-6-11/h3-4,7H,2,5-6H2,1H3. The zero-order valence-corrected chi connectivity index (χ0v) is 8.75. The molecule has 4 heteroatoms. The molecule has 0 N–H and O–H groups in total. The second-order valence-corrected chi connectivity index (χ2v) is 3.15. The van der Waals surface area contributed by atoms with E-state index in [9.17, 15) is 4.79 Å². The highest BCUT2D eigenvalue weighted by molar-refractivity contribution is 6.18. The summed E-state index contributed by atoms with van der Waals surface area (Å²) in [7, 11) is 1.50. The van der Waals surface area contributed by atoms with E-state index in [2.05, 4.69) is 4.98 Å². The summed E-state index contributed by atoms with van der Waals surface area (Å²) in [6.07, 6.45) is 2.71. The van der Waals surface area contributed by atoms with Crippen molar-refractivity contribution in [2.45, 2.75) is 12.8 Å². The van der Waals surface area contributed by atoms with Crippen LogP contribution in [0.2, 0.25) is 0 Å². The van der Waals surface area contributed by atoms with Gasteiger partial charge in [-0.15, -0.1) is 11.6 Å². The number of rotatable bonds is 5. The number of ether oxygens (including phenoxy) is 1. The van der Waals surface area contributed by atoms with Gasteiger partial charge in [-0.3, -0.25) is 4.79 Å². The molecule has 0 saturated heterocycles. The number of carbonyl (C=O) groups excluding carboxylic acids is 1. The minimum atomic E-state index is 0.0237. The maximum atomic E-state index is 11.6. The van der Waals surface area contributed by atoms with Gasteiger partial charge in [-0.25, -0.2) is 4.98 Å². The zero-order valence-electron chi connectivity index (χ0n) is 8.00. The lowest BCUT2D eigenvalue weighted by Gasteiger charge is -2.04. The highest BCUT2D eigenvalue weighted by Gasteiger charge is 2.11. The van der Waals surface area contributed by atoms with Crippen LogP contribution in [0.15, 0.2) is 18.3 Å². The average Bonchev–Trinajstić information content (AvgIpc) is 2.25. The summed E-state index contributed by atoms with van der Waals surface area (Å²) in [5.41, 5.74) is 0.528. The number of alkyl halides is 1. The van der Waals surface area contributed by atoms with Gasteiger partial charge >= 0.3 is 0 Å². The van der Waals surface area contributed by atoms with E-state index < -0.39 is 0 Å². The van der Waals surface area contributed by atoms with Crippen molar-refractivity contribution < 1.29 is 9.53 Å². The Bertz CT molecular complexity index is 315. The number of hydrogen-bond donors (Lipinski definition) is 0. The fourth-order valence-electron chi connectivity index (χ4n) is 1.13. The van der Waals surface area contributed by atoms with Crippen molar-refractivity contribution in [2.75, 3.05) is 13.0 Å². The van der Waals surface area contributed by atoms with Gasteiger partial charge < -0.3 is 4.74 Å². The molecule has 0 saturated carbocycles. The summed E-state index contributed by atoms with van der Waals surface area (Å²) < 4.78 is 4.98. The Kier molecular flexibility index (Phi) is 4.40. The van der Waals surface area contributed by atoms with Crippen LogP contribution in [-0.4, -0.2) is 23.8 Å². The van der Waals surface area contributed by atoms with Crippen molar-refractivity contribution in [3.05, 3.63) is 23.9 Å². The maximum absolute atomic E-state index is 11.6. The van der Waals surface area contributed by atoms with Crippen LogP contribution >= 0.6 is 11.6 Å². The second-order valence-electron chi connectivity index (χ2n) is 2.78. The minimum absolute atomic E-state index is 0.0237. The lowest BCUT2D eigenvalue weighted by atomic mass is 10.1. The topological polar surface area (TPSA) is 39.2 Å². The van der Waals surface area contributed by atoms with Crippen LogP contribution in [0.25, 0.3) is 0 Å².